The molecule has 2 atom stereocenters. The molecule has 1 aliphatic carbocycles. The zero-order valence-electron chi connectivity index (χ0n) is 15.7. The van der Waals surface area contributed by atoms with Crippen LogP contribution in [0.15, 0.2) is 61.1 Å². The summed E-state index contributed by atoms with van der Waals surface area (Å²) in [5.74, 6) is 0. The van der Waals surface area contributed by atoms with Crippen molar-refractivity contribution in [2.24, 2.45) is 0 Å². The van der Waals surface area contributed by atoms with E-state index < -0.39 is 0 Å². The lowest BCUT2D eigenvalue weighted by Gasteiger charge is -2.45. The lowest BCUT2D eigenvalue weighted by molar-refractivity contribution is 0.274. The summed E-state index contributed by atoms with van der Waals surface area (Å²) in [4.78, 5) is 5.31. The fourth-order valence-electron chi connectivity index (χ4n) is 4.44. The Labute approximate surface area is 166 Å². The smallest absolute Gasteiger partial charge is 0.136 e. The number of rotatable bonds is 5. The average Bonchev–Trinajstić information content (AvgIpc) is 3.20. The molecule has 4 nitrogen and oxygen atoms in total. The van der Waals surface area contributed by atoms with Gasteiger partial charge in [0.15, 0.2) is 0 Å². The Kier molecular flexibility index (Phi) is 5.23. The van der Waals surface area contributed by atoms with E-state index in [2.05, 4.69) is 68.7 Å². The maximum atomic E-state index is 5.90. The van der Waals surface area contributed by atoms with E-state index in [0.29, 0.717) is 6.04 Å². The van der Waals surface area contributed by atoms with Crippen molar-refractivity contribution in [2.45, 2.75) is 43.7 Å². The lowest BCUT2D eigenvalue weighted by atomic mass is 9.66. The molecule has 2 N–H and O–H groups in total. The van der Waals surface area contributed by atoms with Crippen molar-refractivity contribution in [3.05, 3.63) is 72.2 Å². The van der Waals surface area contributed by atoms with E-state index in [-0.39, 0.29) is 5.41 Å². The van der Waals surface area contributed by atoms with Crippen molar-refractivity contribution in [3.8, 4) is 0 Å². The van der Waals surface area contributed by atoms with Gasteiger partial charge in [-0.05, 0) is 30.0 Å². The summed E-state index contributed by atoms with van der Waals surface area (Å²) in [5, 5.41) is 7.14. The molecular weight excluding hydrogens is 352 g/mol. The van der Waals surface area contributed by atoms with Crippen LogP contribution < -0.4 is 10.6 Å². The Bertz CT molecular complexity index is 920. The van der Waals surface area contributed by atoms with Gasteiger partial charge < -0.3 is 15.0 Å². The van der Waals surface area contributed by atoms with E-state index in [1.54, 1.807) is 0 Å². The van der Waals surface area contributed by atoms with Crippen LogP contribution in [0.25, 0.3) is 5.65 Å². The Morgan fingerprint density at radius 2 is 2.07 bits per heavy atom. The molecule has 0 saturated heterocycles. The van der Waals surface area contributed by atoms with E-state index in [4.69, 9.17) is 12.2 Å². The van der Waals surface area contributed by atoms with E-state index >= 15 is 0 Å². The van der Waals surface area contributed by atoms with Crippen LogP contribution in [0, 0.1) is 0 Å². The normalized spacial score (nSPS) is 22.6. The average molecular weight is 379 g/mol. The highest BCUT2D eigenvalue weighted by Gasteiger charge is 2.45. The van der Waals surface area contributed by atoms with Crippen LogP contribution in [0.3, 0.4) is 0 Å². The summed E-state index contributed by atoms with van der Waals surface area (Å²) in [6.07, 6.45) is 10.6. The Balaban J connectivity index is 1.71. The van der Waals surface area contributed by atoms with Gasteiger partial charge >= 0.3 is 0 Å². The molecule has 3 aromatic rings. The van der Waals surface area contributed by atoms with Gasteiger partial charge in [0.25, 0.3) is 0 Å². The maximum absolute atomic E-state index is 5.90. The summed E-state index contributed by atoms with van der Waals surface area (Å²) >= 11 is 5.90. The number of fused-ring (bicyclic) bond motifs is 1. The maximum Gasteiger partial charge on any atom is 0.136 e. The lowest BCUT2D eigenvalue weighted by Crippen LogP contribution is -2.57. The van der Waals surface area contributed by atoms with Gasteiger partial charge in [-0.25, -0.2) is 4.98 Å². The van der Waals surface area contributed by atoms with Gasteiger partial charge in [-0.1, -0.05) is 61.5 Å². The minimum atomic E-state index is -0.199. The largest absolute Gasteiger partial charge is 0.382 e. The molecule has 1 saturated carbocycles. The first kappa shape index (κ1) is 18.1. The van der Waals surface area contributed by atoms with Crippen LogP contribution in [-0.2, 0) is 12.0 Å². The molecule has 140 valence electrons. The monoisotopic (exact) mass is 378 g/mol. The van der Waals surface area contributed by atoms with Gasteiger partial charge in [0, 0.05) is 38.2 Å². The molecule has 0 bridgehead atoms. The van der Waals surface area contributed by atoms with Gasteiger partial charge in [0.2, 0.25) is 0 Å². The third-order valence-corrected chi connectivity index (χ3v) is 6.41. The molecule has 2 heterocycles. The number of nitrogens with one attached hydrogen (secondary N) is 2. The van der Waals surface area contributed by atoms with Crippen LogP contribution in [0.2, 0.25) is 0 Å². The number of pyridine rings is 1. The molecular formula is C22H26N4S. The predicted molar refractivity (Wildman–Crippen MR) is 114 cm³/mol. The molecule has 1 fully saturated rings. The van der Waals surface area contributed by atoms with Crippen molar-refractivity contribution in [2.75, 3.05) is 7.05 Å². The molecule has 0 amide bonds. The predicted octanol–water partition coefficient (Wildman–Crippen LogP) is 3.85. The molecule has 0 aliphatic heterocycles. The van der Waals surface area contributed by atoms with Gasteiger partial charge in [-0.2, -0.15) is 0 Å². The molecule has 2 aromatic heterocycles. The van der Waals surface area contributed by atoms with Gasteiger partial charge in [0.05, 0.1) is 10.4 Å². The minimum absolute atomic E-state index is 0.199. The van der Waals surface area contributed by atoms with Crippen molar-refractivity contribution in [1.29, 1.82) is 0 Å². The Hall–Kier alpha value is -2.24. The van der Waals surface area contributed by atoms with Crippen molar-refractivity contribution >= 4 is 22.9 Å². The third-order valence-electron chi connectivity index (χ3n) is 5.84. The Morgan fingerprint density at radius 3 is 2.89 bits per heavy atom. The highest BCUT2D eigenvalue weighted by molar-refractivity contribution is 7.80. The van der Waals surface area contributed by atoms with Crippen molar-refractivity contribution in [3.63, 3.8) is 0 Å². The summed E-state index contributed by atoms with van der Waals surface area (Å²) in [6.45, 7) is 0.854. The number of hydrogen-bond donors (Lipinski definition) is 2. The molecule has 5 heteroatoms. The first-order valence-corrected chi connectivity index (χ1v) is 10.1. The number of nitrogens with zero attached hydrogens (tertiary/aromatic N) is 2. The fraction of sp³-hybridized carbons (Fsp3) is 0.364. The molecule has 27 heavy (non-hydrogen) atoms. The topological polar surface area (TPSA) is 41.4 Å². The van der Waals surface area contributed by atoms with Crippen LogP contribution in [-0.4, -0.2) is 27.5 Å². The molecule has 4 rings (SSSR count). The fourth-order valence-corrected chi connectivity index (χ4v) is 4.80. The summed E-state index contributed by atoms with van der Waals surface area (Å²) < 4.78 is 2.10. The molecule has 2 unspecified atom stereocenters. The number of benzene rings is 1. The van der Waals surface area contributed by atoms with Crippen LogP contribution in [0.1, 0.15) is 36.8 Å². The SMILES string of the molecule is CNC(=S)C1(c2ccc3nccn3c2)CCCCC1NCc1ccccc1. The highest BCUT2D eigenvalue weighted by Crippen LogP contribution is 2.41. The quantitative estimate of drug-likeness (QED) is 0.662. The number of imidazole rings is 1. The van der Waals surface area contributed by atoms with Crippen LogP contribution >= 0.6 is 12.2 Å². The molecule has 0 spiro atoms. The zero-order valence-corrected chi connectivity index (χ0v) is 16.5. The van der Waals surface area contributed by atoms with Gasteiger partial charge in [0.1, 0.15) is 5.65 Å². The van der Waals surface area contributed by atoms with Gasteiger partial charge in [-0.15, -0.1) is 0 Å². The van der Waals surface area contributed by atoms with E-state index in [1.807, 2.05) is 19.4 Å². The second kappa shape index (κ2) is 7.79. The molecule has 1 aliphatic rings. The number of thiocarbonyl (C=S) groups is 1. The summed E-state index contributed by atoms with van der Waals surface area (Å²) in [5.41, 5.74) is 3.33. The number of hydrogen-bond acceptors (Lipinski definition) is 3. The summed E-state index contributed by atoms with van der Waals surface area (Å²) in [7, 11) is 1.95. The second-order valence-electron chi connectivity index (χ2n) is 7.33. The Morgan fingerprint density at radius 1 is 1.22 bits per heavy atom. The van der Waals surface area contributed by atoms with Crippen LogP contribution in [0.4, 0.5) is 0 Å². The first-order chi connectivity index (χ1) is 13.2. The van der Waals surface area contributed by atoms with Crippen molar-refractivity contribution < 1.29 is 0 Å². The van der Waals surface area contributed by atoms with Gasteiger partial charge in [-0.3, -0.25) is 0 Å². The minimum Gasteiger partial charge on any atom is -0.382 e. The number of likely N-dealkylation sites (N-methyl/N-ethyl adjacent to an activating group) is 1. The van der Waals surface area contributed by atoms with E-state index in [1.165, 1.54) is 24.0 Å². The molecule has 1 aromatic carbocycles. The van der Waals surface area contributed by atoms with Crippen LogP contribution in [0.5, 0.6) is 0 Å². The summed E-state index contributed by atoms with van der Waals surface area (Å²) in [6, 6.07) is 15.2. The second-order valence-corrected chi connectivity index (χ2v) is 7.73. The number of aromatic nitrogens is 2. The zero-order chi connectivity index (χ0) is 18.7. The first-order valence-electron chi connectivity index (χ1n) is 9.67. The van der Waals surface area contributed by atoms with Crippen molar-refractivity contribution in [1.82, 2.24) is 20.0 Å². The van der Waals surface area contributed by atoms with E-state index in [9.17, 15) is 0 Å². The molecule has 0 radical (unpaired) electrons. The third kappa shape index (κ3) is 3.37. The van der Waals surface area contributed by atoms with E-state index in [0.717, 1.165) is 30.0 Å². The highest BCUT2D eigenvalue weighted by atomic mass is 32.1. The standard InChI is InChI=1S/C22H26N4S/c1-23-21(27)22(18-10-11-20-24-13-14-26(20)16-18)12-6-5-9-19(22)25-15-17-7-3-2-4-8-17/h2-4,7-8,10-11,13-14,16,19,25H,5-6,9,12,15H2,1H3,(H,23,27).